The molecule has 9 heteroatoms. The Morgan fingerprint density at radius 2 is 2.00 bits per heavy atom. The number of benzene rings is 2. The van der Waals surface area contributed by atoms with Gasteiger partial charge in [-0.1, -0.05) is 30.0 Å². The minimum atomic E-state index is -0.829. The minimum absolute atomic E-state index is 0.00533. The molecule has 0 bridgehead atoms. The Morgan fingerprint density at radius 3 is 2.67 bits per heavy atom. The summed E-state index contributed by atoms with van der Waals surface area (Å²) in [7, 11) is 1.61. The van der Waals surface area contributed by atoms with Crippen LogP contribution in [0.5, 0.6) is 5.75 Å². The molecule has 0 aliphatic carbocycles. The Hall–Kier alpha value is -3.20. The molecule has 0 spiro atoms. The molecule has 0 saturated carbocycles. The molecule has 30 heavy (non-hydrogen) atoms. The second-order valence-corrected chi connectivity index (χ2v) is 7.23. The van der Waals surface area contributed by atoms with Gasteiger partial charge in [-0.05, 0) is 29.8 Å². The van der Waals surface area contributed by atoms with Crippen LogP contribution in [0.3, 0.4) is 0 Å². The number of amides is 1. The Kier molecular flexibility index (Phi) is 7.18. The van der Waals surface area contributed by atoms with Crippen LogP contribution in [0.1, 0.15) is 11.4 Å². The number of nitrogens with zero attached hydrogens (tertiary/aromatic N) is 3. The third kappa shape index (κ3) is 5.44. The number of hydrogen-bond donors (Lipinski definition) is 1. The van der Waals surface area contributed by atoms with Gasteiger partial charge < -0.3 is 14.6 Å². The fourth-order valence-corrected chi connectivity index (χ4v) is 3.47. The molecule has 0 aliphatic rings. The molecule has 1 heterocycles. The van der Waals surface area contributed by atoms with E-state index in [0.717, 1.165) is 29.3 Å². The molecule has 3 aromatic rings. The number of hydrogen-bond acceptors (Lipinski definition) is 5. The number of halogens is 2. The van der Waals surface area contributed by atoms with Gasteiger partial charge in [0, 0.05) is 19.0 Å². The Labute approximate surface area is 177 Å². The van der Waals surface area contributed by atoms with E-state index in [2.05, 4.69) is 22.1 Å². The van der Waals surface area contributed by atoms with Crippen molar-refractivity contribution >= 4 is 23.4 Å². The van der Waals surface area contributed by atoms with Gasteiger partial charge in [0.15, 0.2) is 5.16 Å². The molecule has 0 fully saturated rings. The third-order valence-electron chi connectivity index (χ3n) is 4.16. The van der Waals surface area contributed by atoms with Gasteiger partial charge in [-0.25, -0.2) is 8.78 Å². The van der Waals surface area contributed by atoms with Crippen LogP contribution in [-0.2, 0) is 17.8 Å². The van der Waals surface area contributed by atoms with Crippen molar-refractivity contribution in [2.75, 3.05) is 18.2 Å². The number of carbonyl (C=O) groups excluding carboxylic acids is 1. The van der Waals surface area contributed by atoms with Crippen molar-refractivity contribution in [1.29, 1.82) is 0 Å². The fraction of sp³-hybridized carbons (Fsp3) is 0.190. The molecular formula is C21H20F2N4O2S. The van der Waals surface area contributed by atoms with Crippen molar-refractivity contribution in [3.05, 3.63) is 78.1 Å². The average molecular weight is 430 g/mol. The van der Waals surface area contributed by atoms with Crippen molar-refractivity contribution in [3.63, 3.8) is 0 Å². The lowest BCUT2D eigenvalue weighted by atomic mass is 10.1. The molecular weight excluding hydrogens is 410 g/mol. The van der Waals surface area contributed by atoms with Crippen molar-refractivity contribution in [3.8, 4) is 5.75 Å². The van der Waals surface area contributed by atoms with E-state index in [1.54, 1.807) is 13.2 Å². The standard InChI is InChI=1S/C21H20F2N4O2S/c1-3-10-27-19(11-14-4-7-16(29-2)8-5-14)25-26-21(27)30-13-20(28)24-18-9-6-15(22)12-17(18)23/h3-9,12H,1,10-11,13H2,2H3,(H,24,28). The molecule has 0 saturated heterocycles. The molecule has 6 nitrogen and oxygen atoms in total. The first-order valence-electron chi connectivity index (χ1n) is 9.03. The van der Waals surface area contributed by atoms with E-state index < -0.39 is 17.5 Å². The number of anilines is 1. The second-order valence-electron chi connectivity index (χ2n) is 6.28. The summed E-state index contributed by atoms with van der Waals surface area (Å²) in [6.07, 6.45) is 2.28. The van der Waals surface area contributed by atoms with Crippen molar-refractivity contribution in [1.82, 2.24) is 14.8 Å². The summed E-state index contributed by atoms with van der Waals surface area (Å²) in [5.74, 6) is -0.477. The summed E-state index contributed by atoms with van der Waals surface area (Å²) in [6.45, 7) is 4.24. The van der Waals surface area contributed by atoms with Crippen LogP contribution in [0.4, 0.5) is 14.5 Å². The van der Waals surface area contributed by atoms with Crippen LogP contribution in [0.25, 0.3) is 0 Å². The van der Waals surface area contributed by atoms with Gasteiger partial charge in [-0.15, -0.1) is 16.8 Å². The van der Waals surface area contributed by atoms with E-state index in [1.165, 1.54) is 17.8 Å². The summed E-state index contributed by atoms with van der Waals surface area (Å²) in [6, 6.07) is 10.6. The molecule has 0 radical (unpaired) electrons. The van der Waals surface area contributed by atoms with Crippen LogP contribution >= 0.6 is 11.8 Å². The third-order valence-corrected chi connectivity index (χ3v) is 5.13. The van der Waals surface area contributed by atoms with Gasteiger partial charge in [-0.3, -0.25) is 4.79 Å². The lowest BCUT2D eigenvalue weighted by Gasteiger charge is -2.09. The lowest BCUT2D eigenvalue weighted by molar-refractivity contribution is -0.113. The normalized spacial score (nSPS) is 10.6. The monoisotopic (exact) mass is 430 g/mol. The average Bonchev–Trinajstić information content (AvgIpc) is 3.11. The number of thioether (sulfide) groups is 1. The van der Waals surface area contributed by atoms with Crippen LogP contribution in [-0.4, -0.2) is 33.5 Å². The molecule has 3 rings (SSSR count). The largest absolute Gasteiger partial charge is 0.497 e. The summed E-state index contributed by atoms with van der Waals surface area (Å²) < 4.78 is 33.7. The summed E-state index contributed by atoms with van der Waals surface area (Å²) >= 11 is 1.17. The van der Waals surface area contributed by atoms with Gasteiger partial charge in [0.1, 0.15) is 23.2 Å². The highest BCUT2D eigenvalue weighted by molar-refractivity contribution is 7.99. The highest BCUT2D eigenvalue weighted by Gasteiger charge is 2.15. The zero-order valence-corrected chi connectivity index (χ0v) is 17.1. The van der Waals surface area contributed by atoms with E-state index >= 15 is 0 Å². The summed E-state index contributed by atoms with van der Waals surface area (Å²) in [4.78, 5) is 12.2. The highest BCUT2D eigenvalue weighted by Crippen LogP contribution is 2.21. The summed E-state index contributed by atoms with van der Waals surface area (Å²) in [5, 5.41) is 11.4. The molecule has 0 atom stereocenters. The molecule has 156 valence electrons. The Bertz CT molecular complexity index is 1040. The zero-order valence-electron chi connectivity index (χ0n) is 16.3. The predicted octanol–water partition coefficient (Wildman–Crippen LogP) is 4.07. The van der Waals surface area contributed by atoms with Gasteiger partial charge in [0.2, 0.25) is 5.91 Å². The Balaban J connectivity index is 1.66. The topological polar surface area (TPSA) is 69.0 Å². The SMILES string of the molecule is C=CCn1c(Cc2ccc(OC)cc2)nnc1SCC(=O)Nc1ccc(F)cc1F. The number of methoxy groups -OCH3 is 1. The minimum Gasteiger partial charge on any atom is -0.497 e. The van der Waals surface area contributed by atoms with Gasteiger partial charge in [-0.2, -0.15) is 0 Å². The number of ether oxygens (including phenoxy) is 1. The fourth-order valence-electron chi connectivity index (χ4n) is 2.70. The van der Waals surface area contributed by atoms with Crippen molar-refractivity contribution < 1.29 is 18.3 Å². The number of allylic oxidation sites excluding steroid dienone is 1. The maximum absolute atomic E-state index is 13.7. The number of nitrogens with one attached hydrogen (secondary N) is 1. The first-order chi connectivity index (χ1) is 14.5. The quantitative estimate of drug-likeness (QED) is 0.409. The number of rotatable bonds is 9. The van der Waals surface area contributed by atoms with Crippen LogP contribution < -0.4 is 10.1 Å². The molecule has 2 aromatic carbocycles. The Morgan fingerprint density at radius 1 is 1.23 bits per heavy atom. The van der Waals surface area contributed by atoms with Crippen LogP contribution in [0.2, 0.25) is 0 Å². The van der Waals surface area contributed by atoms with Crippen LogP contribution in [0, 0.1) is 11.6 Å². The van der Waals surface area contributed by atoms with Gasteiger partial charge in [0.05, 0.1) is 18.6 Å². The maximum atomic E-state index is 13.7. The number of carbonyl (C=O) groups is 1. The van der Waals surface area contributed by atoms with E-state index in [0.29, 0.717) is 18.1 Å². The van der Waals surface area contributed by atoms with Crippen LogP contribution in [0.15, 0.2) is 60.3 Å². The first-order valence-corrected chi connectivity index (χ1v) is 10.0. The van der Waals surface area contributed by atoms with E-state index in [9.17, 15) is 13.6 Å². The molecule has 1 aromatic heterocycles. The smallest absolute Gasteiger partial charge is 0.234 e. The number of aromatic nitrogens is 3. The van der Waals surface area contributed by atoms with E-state index in [-0.39, 0.29) is 11.4 Å². The van der Waals surface area contributed by atoms with Crippen molar-refractivity contribution in [2.45, 2.75) is 18.1 Å². The molecule has 1 amide bonds. The van der Waals surface area contributed by atoms with Gasteiger partial charge >= 0.3 is 0 Å². The molecule has 0 aliphatic heterocycles. The molecule has 1 N–H and O–H groups in total. The lowest BCUT2D eigenvalue weighted by Crippen LogP contribution is -2.16. The van der Waals surface area contributed by atoms with Gasteiger partial charge in [0.25, 0.3) is 0 Å². The predicted molar refractivity (Wildman–Crippen MR) is 112 cm³/mol. The van der Waals surface area contributed by atoms with Crippen molar-refractivity contribution in [2.24, 2.45) is 0 Å². The second kappa shape index (κ2) is 10.0. The van der Waals surface area contributed by atoms with E-state index in [1.807, 2.05) is 28.8 Å². The first kappa shape index (κ1) is 21.5. The highest BCUT2D eigenvalue weighted by atomic mass is 32.2. The van der Waals surface area contributed by atoms with E-state index in [4.69, 9.17) is 4.74 Å². The zero-order chi connectivity index (χ0) is 21.5. The maximum Gasteiger partial charge on any atom is 0.234 e. The summed E-state index contributed by atoms with van der Waals surface area (Å²) in [5.41, 5.74) is 0.962. The molecule has 0 unspecified atom stereocenters.